The first-order valence-electron chi connectivity index (χ1n) is 11.0. The van der Waals surface area contributed by atoms with E-state index >= 15 is 0 Å². The van der Waals surface area contributed by atoms with Crippen LogP contribution in [0, 0.1) is 20.8 Å². The Morgan fingerprint density at radius 2 is 1.79 bits per heavy atom. The van der Waals surface area contributed by atoms with Gasteiger partial charge in [0.15, 0.2) is 10.8 Å². The minimum Gasteiger partial charge on any atom is -0.494 e. The third kappa shape index (κ3) is 4.75. The number of carbonyl (C=O) groups excluding carboxylic acids is 1. The molecule has 2 aromatic carbocycles. The van der Waals surface area contributed by atoms with Crippen LogP contribution < -0.4 is 14.8 Å². The van der Waals surface area contributed by atoms with Gasteiger partial charge in [0.1, 0.15) is 11.5 Å². The molecule has 0 saturated heterocycles. The predicted octanol–water partition coefficient (Wildman–Crippen LogP) is 5.34. The van der Waals surface area contributed by atoms with E-state index in [4.69, 9.17) is 9.47 Å². The van der Waals surface area contributed by atoms with Crippen LogP contribution in [0.15, 0.2) is 41.6 Å². The third-order valence-corrected chi connectivity index (χ3v) is 6.19. The zero-order valence-corrected chi connectivity index (χ0v) is 20.4. The number of nitrogens with one attached hydrogen (secondary N) is 1. The molecule has 0 aliphatic rings. The van der Waals surface area contributed by atoms with E-state index < -0.39 is 0 Å². The maximum Gasteiger partial charge on any atom is 0.234 e. The van der Waals surface area contributed by atoms with Crippen molar-refractivity contribution in [1.29, 1.82) is 0 Å². The summed E-state index contributed by atoms with van der Waals surface area (Å²) in [6.07, 6.45) is 0. The first-order valence-corrected chi connectivity index (χ1v) is 12.0. The normalized spacial score (nSPS) is 11.2. The third-order valence-electron chi connectivity index (χ3n) is 5.27. The number of fused-ring (bicyclic) bond motifs is 3. The molecule has 1 amide bonds. The number of carbonyl (C=O) groups is 1. The zero-order chi connectivity index (χ0) is 23.5. The Morgan fingerprint density at radius 3 is 2.55 bits per heavy atom. The Hall–Kier alpha value is -3.26. The van der Waals surface area contributed by atoms with Gasteiger partial charge in [-0.1, -0.05) is 23.4 Å². The van der Waals surface area contributed by atoms with Crippen LogP contribution in [-0.4, -0.2) is 39.5 Å². The summed E-state index contributed by atoms with van der Waals surface area (Å²) < 4.78 is 13.3. The quantitative estimate of drug-likeness (QED) is 0.355. The molecule has 0 aliphatic heterocycles. The molecular weight excluding hydrogens is 436 g/mol. The van der Waals surface area contributed by atoms with Gasteiger partial charge >= 0.3 is 0 Å². The van der Waals surface area contributed by atoms with Gasteiger partial charge in [0.2, 0.25) is 5.91 Å². The highest BCUT2D eigenvalue weighted by Crippen LogP contribution is 2.31. The minimum absolute atomic E-state index is 0.157. The van der Waals surface area contributed by atoms with Gasteiger partial charge in [0.05, 0.1) is 30.2 Å². The van der Waals surface area contributed by atoms with E-state index in [-0.39, 0.29) is 11.7 Å². The van der Waals surface area contributed by atoms with Crippen molar-refractivity contribution < 1.29 is 14.3 Å². The first kappa shape index (κ1) is 22.9. The van der Waals surface area contributed by atoms with Gasteiger partial charge in [-0.25, -0.2) is 0 Å². The van der Waals surface area contributed by atoms with Gasteiger partial charge in [-0.3, -0.25) is 9.20 Å². The average molecular weight is 465 g/mol. The monoisotopic (exact) mass is 464 g/mol. The number of pyridine rings is 1. The van der Waals surface area contributed by atoms with E-state index in [1.807, 2.05) is 36.4 Å². The van der Waals surface area contributed by atoms with Crippen LogP contribution >= 0.6 is 11.8 Å². The molecule has 172 valence electrons. The standard InChI is InChI=1S/C25H28N4O3S/c1-6-31-18-8-9-21(32-7-2)20(13-18)26-23(30)14-33-25-28-27-22-12-16(4)19-11-15(3)10-17(5)24(19)29(22)25/h8-13H,6-7,14H2,1-5H3,(H,26,30). The fraction of sp³-hybridized carbons (Fsp3) is 0.320. The summed E-state index contributed by atoms with van der Waals surface area (Å²) in [6.45, 7) is 11.1. The van der Waals surface area contributed by atoms with E-state index in [1.165, 1.54) is 22.7 Å². The summed E-state index contributed by atoms with van der Waals surface area (Å²) >= 11 is 1.36. The van der Waals surface area contributed by atoms with Gasteiger partial charge in [-0.2, -0.15) is 0 Å². The van der Waals surface area contributed by atoms with Crippen LogP contribution in [0.25, 0.3) is 16.6 Å². The molecule has 2 aromatic heterocycles. The summed E-state index contributed by atoms with van der Waals surface area (Å²) in [4.78, 5) is 12.8. The SMILES string of the molecule is CCOc1ccc(OCC)c(NC(=O)CSc2nnc3cc(C)c4cc(C)cc(C)c4n23)c1. The lowest BCUT2D eigenvalue weighted by Crippen LogP contribution is -2.15. The predicted molar refractivity (Wildman–Crippen MR) is 133 cm³/mol. The molecule has 8 heteroatoms. The Kier molecular flexibility index (Phi) is 6.74. The van der Waals surface area contributed by atoms with Gasteiger partial charge < -0.3 is 14.8 Å². The van der Waals surface area contributed by atoms with Gasteiger partial charge in [0, 0.05) is 11.5 Å². The molecule has 0 unspecified atom stereocenters. The highest BCUT2D eigenvalue weighted by molar-refractivity contribution is 7.99. The van der Waals surface area contributed by atoms with Crippen LogP contribution in [-0.2, 0) is 4.79 Å². The molecule has 7 nitrogen and oxygen atoms in total. The molecule has 4 rings (SSSR count). The first-order chi connectivity index (χ1) is 15.9. The number of thioether (sulfide) groups is 1. The highest BCUT2D eigenvalue weighted by Gasteiger charge is 2.16. The van der Waals surface area contributed by atoms with Crippen molar-refractivity contribution in [3.05, 3.63) is 53.1 Å². The molecule has 0 aliphatic carbocycles. The zero-order valence-electron chi connectivity index (χ0n) is 19.6. The number of anilines is 1. The minimum atomic E-state index is -0.157. The summed E-state index contributed by atoms with van der Waals surface area (Å²) in [7, 11) is 0. The molecule has 4 aromatic rings. The Balaban J connectivity index is 1.59. The fourth-order valence-corrected chi connectivity index (χ4v) is 4.71. The number of benzene rings is 2. The topological polar surface area (TPSA) is 77.8 Å². The number of aromatic nitrogens is 3. The maximum atomic E-state index is 12.8. The van der Waals surface area contributed by atoms with Gasteiger partial charge in [0.25, 0.3) is 0 Å². The largest absolute Gasteiger partial charge is 0.494 e. The number of hydrogen-bond donors (Lipinski definition) is 1. The average Bonchev–Trinajstić information content (AvgIpc) is 3.16. The van der Waals surface area contributed by atoms with Gasteiger partial charge in [-0.05, 0) is 70.0 Å². The summed E-state index contributed by atoms with van der Waals surface area (Å²) in [5, 5.41) is 13.5. The summed E-state index contributed by atoms with van der Waals surface area (Å²) in [5.74, 6) is 1.32. The second-order valence-corrected chi connectivity index (χ2v) is 8.78. The van der Waals surface area contributed by atoms with Crippen molar-refractivity contribution in [2.45, 2.75) is 39.8 Å². The molecule has 0 fully saturated rings. The highest BCUT2D eigenvalue weighted by atomic mass is 32.2. The second-order valence-electron chi connectivity index (χ2n) is 7.84. The van der Waals surface area contributed by atoms with E-state index in [1.54, 1.807) is 6.07 Å². The van der Waals surface area contributed by atoms with Crippen molar-refractivity contribution >= 4 is 39.9 Å². The number of rotatable bonds is 8. The number of hydrogen-bond acceptors (Lipinski definition) is 6. The Bertz CT molecular complexity index is 1330. The summed E-state index contributed by atoms with van der Waals surface area (Å²) in [6, 6.07) is 11.8. The molecule has 0 bridgehead atoms. The van der Waals surface area contributed by atoms with Crippen molar-refractivity contribution in [3.8, 4) is 11.5 Å². The molecule has 0 atom stereocenters. The lowest BCUT2D eigenvalue weighted by atomic mass is 10.0. The molecule has 0 radical (unpaired) electrons. The Morgan fingerprint density at radius 1 is 1.00 bits per heavy atom. The molecule has 33 heavy (non-hydrogen) atoms. The fourth-order valence-electron chi connectivity index (χ4n) is 3.97. The summed E-state index contributed by atoms with van der Waals surface area (Å²) in [5.41, 5.74) is 5.96. The van der Waals surface area contributed by atoms with Crippen molar-refractivity contribution in [1.82, 2.24) is 14.6 Å². The molecule has 2 heterocycles. The smallest absolute Gasteiger partial charge is 0.234 e. The van der Waals surface area contributed by atoms with Crippen molar-refractivity contribution in [3.63, 3.8) is 0 Å². The van der Waals surface area contributed by atoms with Crippen LogP contribution in [0.2, 0.25) is 0 Å². The van der Waals surface area contributed by atoms with E-state index in [9.17, 15) is 4.79 Å². The molecule has 1 N–H and O–H groups in total. The van der Waals surface area contributed by atoms with Crippen LogP contribution in [0.5, 0.6) is 11.5 Å². The van der Waals surface area contributed by atoms with Crippen molar-refractivity contribution in [2.24, 2.45) is 0 Å². The Labute approximate surface area is 197 Å². The maximum absolute atomic E-state index is 12.8. The van der Waals surface area contributed by atoms with Crippen LogP contribution in [0.4, 0.5) is 5.69 Å². The molecule has 0 saturated carbocycles. The number of nitrogens with zero attached hydrogens (tertiary/aromatic N) is 3. The van der Waals surface area contributed by atoms with Crippen LogP contribution in [0.3, 0.4) is 0 Å². The van der Waals surface area contributed by atoms with Gasteiger partial charge in [-0.15, -0.1) is 10.2 Å². The van der Waals surface area contributed by atoms with E-state index in [0.717, 1.165) is 22.3 Å². The molecular formula is C25H28N4O3S. The second kappa shape index (κ2) is 9.70. The number of amides is 1. The van der Waals surface area contributed by atoms with E-state index in [2.05, 4.69) is 48.4 Å². The van der Waals surface area contributed by atoms with E-state index in [0.29, 0.717) is 35.6 Å². The number of ether oxygens (including phenoxy) is 2. The number of aryl methyl sites for hydroxylation is 3. The lowest BCUT2D eigenvalue weighted by molar-refractivity contribution is -0.113. The molecule has 0 spiro atoms. The lowest BCUT2D eigenvalue weighted by Gasteiger charge is -2.14. The van der Waals surface area contributed by atoms with Crippen LogP contribution in [0.1, 0.15) is 30.5 Å². The van der Waals surface area contributed by atoms with Crippen molar-refractivity contribution in [2.75, 3.05) is 24.3 Å².